The molecule has 6 heteroatoms. The van der Waals surface area contributed by atoms with Gasteiger partial charge in [-0.2, -0.15) is 0 Å². The second-order valence-electron chi connectivity index (χ2n) is 8.62. The molecule has 158 valence electrons. The smallest absolute Gasteiger partial charge is 0.240 e. The molecule has 3 amide bonds. The number of nitrogens with one attached hydrogen (secondary N) is 1. The largest absolute Gasteiger partial charge is 0.347 e. The summed E-state index contributed by atoms with van der Waals surface area (Å²) in [6.45, 7) is -0.228. The topological polar surface area (TPSA) is 66.5 Å². The zero-order chi connectivity index (χ0) is 21.5. The van der Waals surface area contributed by atoms with Crippen molar-refractivity contribution in [3.63, 3.8) is 0 Å². The third-order valence-electron chi connectivity index (χ3n) is 6.75. The number of carbonyl (C=O) groups excluding carboxylic acids is 3. The molecule has 1 saturated heterocycles. The summed E-state index contributed by atoms with van der Waals surface area (Å²) in [6, 6.07) is 16.9. The quantitative estimate of drug-likeness (QED) is 0.558. The summed E-state index contributed by atoms with van der Waals surface area (Å²) in [5.41, 5.74) is 1.99. The summed E-state index contributed by atoms with van der Waals surface area (Å²) >= 11 is 5.99. The Bertz CT molecular complexity index is 1020. The van der Waals surface area contributed by atoms with Crippen molar-refractivity contribution in [3.8, 4) is 0 Å². The lowest BCUT2D eigenvalue weighted by Crippen LogP contribution is -2.43. The lowest BCUT2D eigenvalue weighted by atomic mass is 9.85. The minimum Gasteiger partial charge on any atom is -0.347 e. The van der Waals surface area contributed by atoms with E-state index in [0.29, 0.717) is 11.4 Å². The number of hydrogen-bond acceptors (Lipinski definition) is 3. The van der Waals surface area contributed by atoms with Crippen LogP contribution in [0.15, 0.2) is 66.7 Å². The van der Waals surface area contributed by atoms with E-state index < -0.39 is 0 Å². The van der Waals surface area contributed by atoms with Crippen LogP contribution in [0.3, 0.4) is 0 Å². The molecule has 0 radical (unpaired) electrons. The van der Waals surface area contributed by atoms with Gasteiger partial charge in [0.25, 0.3) is 0 Å². The third kappa shape index (κ3) is 3.68. The van der Waals surface area contributed by atoms with Gasteiger partial charge in [-0.3, -0.25) is 19.3 Å². The molecule has 2 aliphatic carbocycles. The van der Waals surface area contributed by atoms with Crippen molar-refractivity contribution in [2.24, 2.45) is 23.7 Å². The summed E-state index contributed by atoms with van der Waals surface area (Å²) in [7, 11) is 0. The molecule has 1 heterocycles. The third-order valence-corrected chi connectivity index (χ3v) is 7.01. The van der Waals surface area contributed by atoms with Crippen molar-refractivity contribution in [2.45, 2.75) is 18.9 Å². The molecular weight excluding hydrogens is 412 g/mol. The summed E-state index contributed by atoms with van der Waals surface area (Å²) in [6.07, 6.45) is 5.56. The van der Waals surface area contributed by atoms with E-state index in [0.717, 1.165) is 17.5 Å². The fraction of sp³-hybridized carbons (Fsp3) is 0.320. The first-order valence-electron chi connectivity index (χ1n) is 10.6. The monoisotopic (exact) mass is 434 g/mol. The summed E-state index contributed by atoms with van der Waals surface area (Å²) in [5, 5.41) is 3.69. The summed E-state index contributed by atoms with van der Waals surface area (Å²) in [5.74, 6) is -1.01. The molecule has 5 atom stereocenters. The zero-order valence-corrected chi connectivity index (χ0v) is 17.7. The number of likely N-dealkylation sites (tertiary alicyclic amines) is 1. The van der Waals surface area contributed by atoms with Crippen LogP contribution in [0.5, 0.6) is 0 Å². The van der Waals surface area contributed by atoms with Crippen LogP contribution in [0.4, 0.5) is 0 Å². The average molecular weight is 435 g/mol. The molecule has 2 aromatic rings. The maximum absolute atomic E-state index is 12.9. The van der Waals surface area contributed by atoms with Gasteiger partial charge in [-0.25, -0.2) is 0 Å². The predicted molar refractivity (Wildman–Crippen MR) is 117 cm³/mol. The fourth-order valence-electron chi connectivity index (χ4n) is 5.30. The van der Waals surface area contributed by atoms with E-state index >= 15 is 0 Å². The Morgan fingerprint density at radius 1 is 0.968 bits per heavy atom. The number of nitrogens with zero attached hydrogens (tertiary/aromatic N) is 1. The number of allylic oxidation sites excluding steroid dienone is 2. The first kappa shape index (κ1) is 20.0. The maximum atomic E-state index is 12.9. The van der Waals surface area contributed by atoms with E-state index in [1.54, 1.807) is 0 Å². The van der Waals surface area contributed by atoms with E-state index in [-0.39, 0.29) is 54.0 Å². The van der Waals surface area contributed by atoms with Crippen molar-refractivity contribution in [1.29, 1.82) is 0 Å². The van der Waals surface area contributed by atoms with Gasteiger partial charge in [-0.05, 0) is 47.9 Å². The minimum absolute atomic E-state index is 0.140. The van der Waals surface area contributed by atoms with Gasteiger partial charge in [-0.1, -0.05) is 66.2 Å². The van der Waals surface area contributed by atoms with Gasteiger partial charge >= 0.3 is 0 Å². The average Bonchev–Trinajstić information content (AvgIpc) is 3.46. The van der Waals surface area contributed by atoms with E-state index in [9.17, 15) is 14.4 Å². The van der Waals surface area contributed by atoms with E-state index in [2.05, 4.69) is 17.5 Å². The standard InChI is InChI=1S/C25H23ClN2O3/c26-19-10-6-15(7-11-19)12-20(16-4-2-1-3-5-16)27-21(29)14-28-24(30)22-17-8-9-18(13-17)23(22)25(28)31/h1-11,17-18,20,22-23H,12-14H2,(H,27,29). The maximum Gasteiger partial charge on any atom is 0.240 e. The number of hydrogen-bond donors (Lipinski definition) is 1. The highest BCUT2D eigenvalue weighted by Crippen LogP contribution is 2.52. The van der Waals surface area contributed by atoms with Gasteiger partial charge in [-0.15, -0.1) is 0 Å². The molecule has 0 spiro atoms. The number of imide groups is 1. The SMILES string of the molecule is O=C(CN1C(=O)C2C3C=CC(C3)C2C1=O)NC(Cc1ccc(Cl)cc1)c1ccccc1. The lowest BCUT2D eigenvalue weighted by molar-refractivity contribution is -0.144. The summed E-state index contributed by atoms with van der Waals surface area (Å²) < 4.78 is 0. The molecule has 2 fully saturated rings. The van der Waals surface area contributed by atoms with Crippen LogP contribution >= 0.6 is 11.6 Å². The molecule has 5 rings (SSSR count). The molecule has 5 nitrogen and oxygen atoms in total. The molecule has 0 aromatic heterocycles. The molecule has 2 bridgehead atoms. The Morgan fingerprint density at radius 3 is 2.19 bits per heavy atom. The zero-order valence-electron chi connectivity index (χ0n) is 16.9. The van der Waals surface area contributed by atoms with Crippen molar-refractivity contribution in [2.75, 3.05) is 6.54 Å². The second kappa shape index (κ2) is 7.97. The number of carbonyl (C=O) groups is 3. The van der Waals surface area contributed by atoms with Gasteiger partial charge in [0.15, 0.2) is 0 Å². The highest BCUT2D eigenvalue weighted by atomic mass is 35.5. The Kier molecular flexibility index (Phi) is 5.14. The van der Waals surface area contributed by atoms with Crippen LogP contribution in [0.2, 0.25) is 5.02 Å². The van der Waals surface area contributed by atoms with Crippen LogP contribution in [0.1, 0.15) is 23.6 Å². The second-order valence-corrected chi connectivity index (χ2v) is 9.06. The Balaban J connectivity index is 1.30. The highest BCUT2D eigenvalue weighted by molar-refractivity contribution is 6.30. The first-order chi connectivity index (χ1) is 15.0. The number of fused-ring (bicyclic) bond motifs is 5. The Morgan fingerprint density at radius 2 is 1.58 bits per heavy atom. The molecule has 3 aliphatic rings. The van der Waals surface area contributed by atoms with Gasteiger partial charge in [0.2, 0.25) is 17.7 Å². The van der Waals surface area contributed by atoms with Crippen molar-refractivity contribution < 1.29 is 14.4 Å². The Hall–Kier alpha value is -2.92. The van der Waals surface area contributed by atoms with Gasteiger partial charge in [0.05, 0.1) is 17.9 Å². The number of benzene rings is 2. The van der Waals surface area contributed by atoms with Crippen LogP contribution in [-0.4, -0.2) is 29.2 Å². The normalized spacial score (nSPS) is 26.9. The van der Waals surface area contributed by atoms with Gasteiger partial charge in [0.1, 0.15) is 6.54 Å². The molecule has 1 saturated carbocycles. The van der Waals surface area contributed by atoms with Crippen molar-refractivity contribution in [1.82, 2.24) is 10.2 Å². The Labute approximate surface area is 186 Å². The van der Waals surface area contributed by atoms with Crippen LogP contribution in [-0.2, 0) is 20.8 Å². The van der Waals surface area contributed by atoms with Crippen LogP contribution < -0.4 is 5.32 Å². The lowest BCUT2D eigenvalue weighted by Gasteiger charge is -2.22. The molecule has 1 N–H and O–H groups in total. The van der Waals surface area contributed by atoms with Crippen LogP contribution in [0, 0.1) is 23.7 Å². The van der Waals surface area contributed by atoms with E-state index in [4.69, 9.17) is 11.6 Å². The van der Waals surface area contributed by atoms with Crippen LogP contribution in [0.25, 0.3) is 0 Å². The van der Waals surface area contributed by atoms with E-state index in [1.807, 2.05) is 54.6 Å². The summed E-state index contributed by atoms with van der Waals surface area (Å²) in [4.78, 5) is 39.9. The number of amides is 3. The molecular formula is C25H23ClN2O3. The minimum atomic E-state index is -0.329. The molecule has 5 unspecified atom stereocenters. The molecule has 1 aliphatic heterocycles. The molecule has 31 heavy (non-hydrogen) atoms. The van der Waals surface area contributed by atoms with Gasteiger partial charge < -0.3 is 5.32 Å². The highest BCUT2D eigenvalue weighted by Gasteiger charge is 2.59. The van der Waals surface area contributed by atoms with Crippen molar-refractivity contribution in [3.05, 3.63) is 82.9 Å². The first-order valence-corrected chi connectivity index (χ1v) is 11.0. The predicted octanol–water partition coefficient (Wildman–Crippen LogP) is 3.55. The molecule has 2 aromatic carbocycles. The number of halogens is 1. The van der Waals surface area contributed by atoms with Crippen molar-refractivity contribution >= 4 is 29.3 Å². The number of rotatable bonds is 6. The fourth-order valence-corrected chi connectivity index (χ4v) is 5.42. The van der Waals surface area contributed by atoms with Gasteiger partial charge in [0, 0.05) is 5.02 Å². The van der Waals surface area contributed by atoms with E-state index in [1.165, 1.54) is 4.90 Å².